The summed E-state index contributed by atoms with van der Waals surface area (Å²) in [4.78, 5) is 3.85. The van der Waals surface area contributed by atoms with E-state index in [1.54, 1.807) is 0 Å². The van der Waals surface area contributed by atoms with Crippen LogP contribution in [0.15, 0.2) is 91.0 Å². The number of H-pyrrole nitrogens is 1. The number of rotatable bonds is 2. The third-order valence-corrected chi connectivity index (χ3v) is 9.64. The van der Waals surface area contributed by atoms with E-state index >= 15 is 0 Å². The molecule has 1 aliphatic rings. The summed E-state index contributed by atoms with van der Waals surface area (Å²) in [5.74, 6) is 0. The number of benzene rings is 5. The highest BCUT2D eigenvalue weighted by molar-refractivity contribution is 6.32. The van der Waals surface area contributed by atoms with Crippen LogP contribution in [0.1, 0.15) is 57.2 Å². The first-order chi connectivity index (χ1) is 18.8. The van der Waals surface area contributed by atoms with Crippen molar-refractivity contribution in [1.29, 1.82) is 0 Å². The molecule has 2 heteroatoms. The lowest BCUT2D eigenvalue weighted by molar-refractivity contribution is 0.332. The van der Waals surface area contributed by atoms with Crippen LogP contribution in [-0.2, 0) is 17.4 Å². The molecule has 0 amide bonds. The lowest BCUT2D eigenvalue weighted by atomic mass is 9.63. The van der Waals surface area contributed by atoms with Crippen molar-refractivity contribution in [2.45, 2.75) is 57.9 Å². The number of fused-ring (bicyclic) bond motifs is 10. The van der Waals surface area contributed by atoms with Crippen molar-refractivity contribution in [3.8, 4) is 0 Å². The van der Waals surface area contributed by atoms with Crippen LogP contribution in [0.5, 0.6) is 0 Å². The summed E-state index contributed by atoms with van der Waals surface area (Å²) in [7, 11) is 0. The van der Waals surface area contributed by atoms with E-state index in [1.807, 2.05) is 0 Å². The number of aromatic amines is 1. The molecule has 0 bridgehead atoms. The lowest BCUT2D eigenvalue weighted by Gasteiger charge is -2.41. The Bertz CT molecular complexity index is 2080. The molecule has 0 spiro atoms. The fourth-order valence-corrected chi connectivity index (χ4v) is 7.34. The largest absolute Gasteiger partial charge is 0.354 e. The maximum Gasteiger partial charge on any atom is 0.0502 e. The van der Waals surface area contributed by atoms with E-state index in [0.717, 1.165) is 6.54 Å². The van der Waals surface area contributed by atoms with Gasteiger partial charge in [-0.15, -0.1) is 0 Å². The second-order valence-corrected chi connectivity index (χ2v) is 13.0. The van der Waals surface area contributed by atoms with Crippen LogP contribution in [0.2, 0.25) is 0 Å². The Hall–Kier alpha value is -4.04. The third kappa shape index (κ3) is 3.21. The first-order valence-corrected chi connectivity index (χ1v) is 14.3. The molecule has 0 fully saturated rings. The fourth-order valence-electron chi connectivity index (χ4n) is 7.34. The standard InChI is InChI=1S/C37H34N2/c1-36(2)18-19-37(3,4)28-21-30-26(20-27(28)36)33-29(38-30)15-17-32-35(33)34-25-13-9-8-12-24(25)14-16-31(34)39(32)22-23-10-6-5-7-11-23/h5-17,20-21,38H,18-19,22H2,1-4H3. The van der Waals surface area contributed by atoms with Gasteiger partial charge in [-0.2, -0.15) is 0 Å². The number of hydrogen-bond donors (Lipinski definition) is 1. The van der Waals surface area contributed by atoms with E-state index in [0.29, 0.717) is 0 Å². The molecule has 1 N–H and O–H groups in total. The Morgan fingerprint density at radius 1 is 0.615 bits per heavy atom. The highest BCUT2D eigenvalue weighted by Crippen LogP contribution is 2.49. The SMILES string of the molecule is CC1(C)CCC(C)(C)c2cc3c(cc21)[nH]c1ccc2c(c13)c1c3ccccc3ccc1n2Cc1ccccc1. The molecule has 192 valence electrons. The summed E-state index contributed by atoms with van der Waals surface area (Å²) < 4.78 is 2.52. The van der Waals surface area contributed by atoms with Crippen molar-refractivity contribution in [3.63, 3.8) is 0 Å². The number of hydrogen-bond acceptors (Lipinski definition) is 0. The zero-order chi connectivity index (χ0) is 26.5. The van der Waals surface area contributed by atoms with Gasteiger partial charge >= 0.3 is 0 Å². The Kier molecular flexibility index (Phi) is 4.56. The fraction of sp³-hybridized carbons (Fsp3) is 0.243. The molecule has 8 rings (SSSR count). The van der Waals surface area contributed by atoms with Gasteiger partial charge in [0.05, 0.1) is 11.0 Å². The molecule has 5 aromatic carbocycles. The van der Waals surface area contributed by atoms with Crippen molar-refractivity contribution < 1.29 is 0 Å². The Balaban J connectivity index is 1.55. The minimum Gasteiger partial charge on any atom is -0.354 e. The zero-order valence-corrected chi connectivity index (χ0v) is 23.2. The van der Waals surface area contributed by atoms with Crippen LogP contribution in [0.3, 0.4) is 0 Å². The third-order valence-electron chi connectivity index (χ3n) is 9.64. The van der Waals surface area contributed by atoms with Crippen molar-refractivity contribution >= 4 is 54.4 Å². The predicted octanol–water partition coefficient (Wildman–Crippen LogP) is 9.98. The van der Waals surface area contributed by atoms with E-state index in [1.165, 1.54) is 83.9 Å². The van der Waals surface area contributed by atoms with Gasteiger partial charge in [-0.1, -0.05) is 88.4 Å². The van der Waals surface area contributed by atoms with Crippen LogP contribution in [0, 0.1) is 0 Å². The molecule has 7 aromatic rings. The minimum absolute atomic E-state index is 0.171. The van der Waals surface area contributed by atoms with Crippen LogP contribution in [-0.4, -0.2) is 9.55 Å². The van der Waals surface area contributed by atoms with Crippen LogP contribution in [0.4, 0.5) is 0 Å². The molecule has 0 saturated carbocycles. The van der Waals surface area contributed by atoms with Crippen LogP contribution in [0.25, 0.3) is 54.4 Å². The molecular weight excluding hydrogens is 472 g/mol. The van der Waals surface area contributed by atoms with Gasteiger partial charge in [0.15, 0.2) is 0 Å². The monoisotopic (exact) mass is 506 g/mol. The van der Waals surface area contributed by atoms with Crippen LogP contribution >= 0.6 is 0 Å². The van der Waals surface area contributed by atoms with Gasteiger partial charge in [0, 0.05) is 39.1 Å². The smallest absolute Gasteiger partial charge is 0.0502 e. The van der Waals surface area contributed by atoms with Gasteiger partial charge in [0.2, 0.25) is 0 Å². The molecular formula is C37H34N2. The van der Waals surface area contributed by atoms with Crippen molar-refractivity contribution in [1.82, 2.24) is 9.55 Å². The lowest BCUT2D eigenvalue weighted by Crippen LogP contribution is -2.33. The molecule has 0 radical (unpaired) electrons. The van der Waals surface area contributed by atoms with E-state index in [2.05, 4.69) is 128 Å². The van der Waals surface area contributed by atoms with E-state index < -0.39 is 0 Å². The molecule has 2 aromatic heterocycles. The normalized spacial score (nSPS) is 16.5. The van der Waals surface area contributed by atoms with E-state index in [4.69, 9.17) is 0 Å². The van der Waals surface area contributed by atoms with Crippen molar-refractivity contribution in [3.05, 3.63) is 108 Å². The van der Waals surface area contributed by atoms with E-state index in [9.17, 15) is 0 Å². The molecule has 39 heavy (non-hydrogen) atoms. The molecule has 2 nitrogen and oxygen atoms in total. The molecule has 2 heterocycles. The summed E-state index contributed by atoms with van der Waals surface area (Å²) in [5.41, 5.74) is 9.78. The molecule has 0 aliphatic heterocycles. The molecule has 1 aliphatic carbocycles. The number of aromatic nitrogens is 2. The number of nitrogens with one attached hydrogen (secondary N) is 1. The van der Waals surface area contributed by atoms with Crippen LogP contribution < -0.4 is 0 Å². The van der Waals surface area contributed by atoms with E-state index in [-0.39, 0.29) is 10.8 Å². The second kappa shape index (κ2) is 7.76. The maximum atomic E-state index is 3.85. The molecule has 0 unspecified atom stereocenters. The maximum absolute atomic E-state index is 3.85. The molecule has 0 saturated heterocycles. The summed E-state index contributed by atoms with van der Waals surface area (Å²) in [6.45, 7) is 10.5. The van der Waals surface area contributed by atoms with Gasteiger partial charge in [0.1, 0.15) is 0 Å². The quantitative estimate of drug-likeness (QED) is 0.241. The highest BCUT2D eigenvalue weighted by atomic mass is 15.0. The van der Waals surface area contributed by atoms with Crippen molar-refractivity contribution in [2.24, 2.45) is 0 Å². The van der Waals surface area contributed by atoms with Crippen molar-refractivity contribution in [2.75, 3.05) is 0 Å². The summed E-state index contributed by atoms with van der Waals surface area (Å²) in [5, 5.41) is 8.07. The minimum atomic E-state index is 0.171. The highest BCUT2D eigenvalue weighted by Gasteiger charge is 2.37. The zero-order valence-electron chi connectivity index (χ0n) is 23.2. The van der Waals surface area contributed by atoms with Gasteiger partial charge in [-0.05, 0) is 81.5 Å². The Morgan fingerprint density at radius 3 is 2.08 bits per heavy atom. The average molecular weight is 507 g/mol. The Labute approximate surface area is 229 Å². The number of nitrogens with zero attached hydrogens (tertiary/aromatic N) is 1. The predicted molar refractivity (Wildman–Crippen MR) is 167 cm³/mol. The Morgan fingerprint density at radius 2 is 1.28 bits per heavy atom. The van der Waals surface area contributed by atoms with Gasteiger partial charge in [-0.25, -0.2) is 0 Å². The van der Waals surface area contributed by atoms with Gasteiger partial charge < -0.3 is 9.55 Å². The summed E-state index contributed by atoms with van der Waals surface area (Å²) in [6.07, 6.45) is 2.44. The van der Waals surface area contributed by atoms with Gasteiger partial charge in [0.25, 0.3) is 0 Å². The summed E-state index contributed by atoms with van der Waals surface area (Å²) in [6, 6.07) is 34.0. The first kappa shape index (κ1) is 22.9. The molecule has 0 atom stereocenters. The topological polar surface area (TPSA) is 20.7 Å². The average Bonchev–Trinajstić information content (AvgIpc) is 3.46. The van der Waals surface area contributed by atoms with Gasteiger partial charge in [-0.3, -0.25) is 0 Å². The second-order valence-electron chi connectivity index (χ2n) is 13.0. The summed E-state index contributed by atoms with van der Waals surface area (Å²) >= 11 is 0. The first-order valence-electron chi connectivity index (χ1n) is 14.3.